The number of rotatable bonds is 6. The van der Waals surface area contributed by atoms with Gasteiger partial charge in [0.1, 0.15) is 0 Å². The highest BCUT2D eigenvalue weighted by Gasteiger charge is 2.22. The van der Waals surface area contributed by atoms with Gasteiger partial charge in [0.15, 0.2) is 11.8 Å². The maximum Gasteiger partial charge on any atom is 0.359 e. The minimum atomic E-state index is -1.10. The molecule has 1 atom stereocenters. The minimum Gasteiger partial charge on any atom is -0.448 e. The summed E-state index contributed by atoms with van der Waals surface area (Å²) >= 11 is 0. The van der Waals surface area contributed by atoms with Gasteiger partial charge >= 0.3 is 12.0 Å². The Balaban J connectivity index is 2.51. The minimum absolute atomic E-state index is 0.105. The van der Waals surface area contributed by atoms with Crippen molar-refractivity contribution in [2.24, 2.45) is 0 Å². The number of nitrogens with zero attached hydrogens (tertiary/aromatic N) is 1. The van der Waals surface area contributed by atoms with E-state index < -0.39 is 24.0 Å². The van der Waals surface area contributed by atoms with Crippen molar-refractivity contribution >= 4 is 17.9 Å². The number of nitrogens with one attached hydrogen (secondary N) is 3. The molecule has 8 heteroatoms. The van der Waals surface area contributed by atoms with Gasteiger partial charge in [0, 0.05) is 11.7 Å². The number of carbonyl (C=O) groups is 3. The number of hydrogen-bond donors (Lipinski definition) is 3. The van der Waals surface area contributed by atoms with Crippen LogP contribution in [0.1, 0.15) is 50.3 Å². The van der Waals surface area contributed by atoms with Crippen molar-refractivity contribution in [3.8, 4) is 0 Å². The number of ether oxygens (including phenoxy) is 1. The fourth-order valence-corrected chi connectivity index (χ4v) is 1.65. The normalized spacial score (nSPS) is 11.9. The Bertz CT molecular complexity index is 539. The molecule has 0 aliphatic heterocycles. The van der Waals surface area contributed by atoms with E-state index in [0.717, 1.165) is 18.5 Å². The lowest BCUT2D eigenvalue weighted by Crippen LogP contribution is -2.46. The molecule has 3 N–H and O–H groups in total. The summed E-state index contributed by atoms with van der Waals surface area (Å²) in [5.41, 5.74) is 0.928. The number of carbonyl (C=O) groups excluding carboxylic acids is 3. The first-order valence-corrected chi connectivity index (χ1v) is 7.20. The van der Waals surface area contributed by atoms with Crippen LogP contribution in [0.25, 0.3) is 0 Å². The summed E-state index contributed by atoms with van der Waals surface area (Å²) in [6.07, 6.45) is 0.586. The first-order chi connectivity index (χ1) is 10.3. The van der Waals surface area contributed by atoms with Gasteiger partial charge < -0.3 is 10.1 Å². The van der Waals surface area contributed by atoms with Crippen molar-refractivity contribution < 1.29 is 19.1 Å². The summed E-state index contributed by atoms with van der Waals surface area (Å²) < 4.78 is 4.98. The average Bonchev–Trinajstić information content (AvgIpc) is 2.86. The lowest BCUT2D eigenvalue weighted by molar-refractivity contribution is -0.127. The highest BCUT2D eigenvalue weighted by Crippen LogP contribution is 2.06. The molecule has 0 bridgehead atoms. The van der Waals surface area contributed by atoms with Gasteiger partial charge in [0.05, 0.1) is 0 Å². The highest BCUT2D eigenvalue weighted by atomic mass is 16.5. The Morgan fingerprint density at radius 1 is 1.32 bits per heavy atom. The number of hydrogen-bond acceptors (Lipinski definition) is 5. The van der Waals surface area contributed by atoms with E-state index in [9.17, 15) is 14.4 Å². The van der Waals surface area contributed by atoms with Crippen LogP contribution in [0.2, 0.25) is 0 Å². The number of aryl methyl sites for hydroxylation is 1. The smallest absolute Gasteiger partial charge is 0.359 e. The second-order valence-electron chi connectivity index (χ2n) is 5.19. The molecule has 0 aliphatic carbocycles. The van der Waals surface area contributed by atoms with E-state index in [0.29, 0.717) is 0 Å². The van der Waals surface area contributed by atoms with E-state index in [-0.39, 0.29) is 11.7 Å². The number of esters is 1. The molecule has 0 aliphatic rings. The Kier molecular flexibility index (Phi) is 6.55. The predicted molar refractivity (Wildman–Crippen MR) is 79.3 cm³/mol. The standard InChI is InChI=1S/C14H22N4O4/c1-5-6-10-7-11(18-17-10)13(20)22-9(4)12(19)16-14(21)15-8(2)3/h7-9H,5-6H2,1-4H3,(H,17,18)(H2,15,16,19,21). The molecule has 0 radical (unpaired) electrons. The molecule has 122 valence electrons. The van der Waals surface area contributed by atoms with E-state index in [2.05, 4.69) is 20.8 Å². The van der Waals surface area contributed by atoms with Gasteiger partial charge in [-0.15, -0.1) is 0 Å². The fourth-order valence-electron chi connectivity index (χ4n) is 1.65. The summed E-state index contributed by atoms with van der Waals surface area (Å²) in [6.45, 7) is 6.92. The Labute approximate surface area is 129 Å². The van der Waals surface area contributed by atoms with Crippen molar-refractivity contribution in [1.29, 1.82) is 0 Å². The van der Waals surface area contributed by atoms with Gasteiger partial charge in [0.25, 0.3) is 5.91 Å². The maximum absolute atomic E-state index is 11.9. The highest BCUT2D eigenvalue weighted by molar-refractivity contribution is 5.98. The van der Waals surface area contributed by atoms with Gasteiger partial charge in [-0.25, -0.2) is 9.59 Å². The molecule has 1 unspecified atom stereocenters. The Morgan fingerprint density at radius 2 is 2.00 bits per heavy atom. The van der Waals surface area contributed by atoms with Gasteiger partial charge in [-0.3, -0.25) is 15.2 Å². The SMILES string of the molecule is CCCc1cc(C(=O)OC(C)C(=O)NC(=O)NC(C)C)n[nH]1. The van der Waals surface area contributed by atoms with Gasteiger partial charge in [-0.05, 0) is 33.3 Å². The topological polar surface area (TPSA) is 113 Å². The van der Waals surface area contributed by atoms with E-state index in [1.807, 2.05) is 6.92 Å². The summed E-state index contributed by atoms with van der Waals surface area (Å²) in [5, 5.41) is 11.2. The van der Waals surface area contributed by atoms with Crippen LogP contribution in [-0.4, -0.2) is 40.3 Å². The summed E-state index contributed by atoms with van der Waals surface area (Å²) in [7, 11) is 0. The second kappa shape index (κ2) is 8.16. The number of imide groups is 1. The number of aromatic amines is 1. The number of amides is 3. The Hall–Kier alpha value is -2.38. The number of urea groups is 1. The van der Waals surface area contributed by atoms with Crippen LogP contribution in [0.4, 0.5) is 4.79 Å². The lowest BCUT2D eigenvalue weighted by atomic mass is 10.2. The number of aromatic nitrogens is 2. The monoisotopic (exact) mass is 310 g/mol. The molecule has 0 saturated carbocycles. The largest absolute Gasteiger partial charge is 0.448 e. The molecule has 1 aromatic rings. The van der Waals surface area contributed by atoms with Crippen LogP contribution in [-0.2, 0) is 16.0 Å². The van der Waals surface area contributed by atoms with Crippen LogP contribution in [0, 0.1) is 0 Å². The zero-order valence-electron chi connectivity index (χ0n) is 13.2. The quantitative estimate of drug-likeness (QED) is 0.682. The van der Waals surface area contributed by atoms with Crippen molar-refractivity contribution in [3.63, 3.8) is 0 Å². The molecule has 8 nitrogen and oxygen atoms in total. The molecule has 0 saturated heterocycles. The van der Waals surface area contributed by atoms with Crippen molar-refractivity contribution in [2.45, 2.75) is 52.7 Å². The molecule has 0 fully saturated rings. The van der Waals surface area contributed by atoms with E-state index in [4.69, 9.17) is 4.74 Å². The summed E-state index contributed by atoms with van der Waals surface area (Å²) in [4.78, 5) is 35.0. The maximum atomic E-state index is 11.9. The first-order valence-electron chi connectivity index (χ1n) is 7.20. The molecular formula is C14H22N4O4. The predicted octanol–water partition coefficient (Wildman–Crippen LogP) is 1.14. The van der Waals surface area contributed by atoms with E-state index >= 15 is 0 Å². The zero-order valence-corrected chi connectivity index (χ0v) is 13.2. The van der Waals surface area contributed by atoms with Crippen LogP contribution < -0.4 is 10.6 Å². The third kappa shape index (κ3) is 5.55. The van der Waals surface area contributed by atoms with E-state index in [1.54, 1.807) is 19.9 Å². The van der Waals surface area contributed by atoms with Crippen molar-refractivity contribution in [2.75, 3.05) is 0 Å². The van der Waals surface area contributed by atoms with Gasteiger partial charge in [-0.1, -0.05) is 13.3 Å². The Morgan fingerprint density at radius 3 is 2.59 bits per heavy atom. The van der Waals surface area contributed by atoms with Crippen LogP contribution in [0.15, 0.2) is 6.07 Å². The molecule has 1 rings (SSSR count). The summed E-state index contributed by atoms with van der Waals surface area (Å²) in [6, 6.07) is 0.849. The molecule has 22 heavy (non-hydrogen) atoms. The molecule has 3 amide bonds. The number of H-pyrrole nitrogens is 1. The van der Waals surface area contributed by atoms with Crippen molar-refractivity contribution in [3.05, 3.63) is 17.5 Å². The van der Waals surface area contributed by atoms with Crippen LogP contribution in [0.3, 0.4) is 0 Å². The first kappa shape index (κ1) is 17.7. The van der Waals surface area contributed by atoms with Gasteiger partial charge in [-0.2, -0.15) is 5.10 Å². The molecule has 0 spiro atoms. The molecular weight excluding hydrogens is 288 g/mol. The third-order valence-corrected chi connectivity index (χ3v) is 2.67. The average molecular weight is 310 g/mol. The second-order valence-corrected chi connectivity index (χ2v) is 5.19. The summed E-state index contributed by atoms with van der Waals surface area (Å²) in [5.74, 6) is -1.42. The lowest BCUT2D eigenvalue weighted by Gasteiger charge is -2.13. The van der Waals surface area contributed by atoms with Crippen LogP contribution >= 0.6 is 0 Å². The molecule has 0 aromatic carbocycles. The van der Waals surface area contributed by atoms with Crippen LogP contribution in [0.5, 0.6) is 0 Å². The molecule has 1 heterocycles. The zero-order chi connectivity index (χ0) is 16.7. The fraction of sp³-hybridized carbons (Fsp3) is 0.571. The van der Waals surface area contributed by atoms with Crippen molar-refractivity contribution in [1.82, 2.24) is 20.8 Å². The molecule has 1 aromatic heterocycles. The van der Waals surface area contributed by atoms with Gasteiger partial charge in [0.2, 0.25) is 0 Å². The third-order valence-electron chi connectivity index (χ3n) is 2.67. The van der Waals surface area contributed by atoms with E-state index in [1.165, 1.54) is 6.92 Å².